The summed E-state index contributed by atoms with van der Waals surface area (Å²) in [5.41, 5.74) is 4.08. The SMILES string of the molecule is Cc1ccc(C)c(NC(=O)C(C)Sc2nnc(C3CC3)n2-c2ccccc2)c1. The number of anilines is 1. The smallest absolute Gasteiger partial charge is 0.237 e. The van der Waals surface area contributed by atoms with Gasteiger partial charge in [-0.25, -0.2) is 0 Å². The molecule has 1 aromatic heterocycles. The number of hydrogen-bond acceptors (Lipinski definition) is 4. The maximum Gasteiger partial charge on any atom is 0.237 e. The lowest BCUT2D eigenvalue weighted by Crippen LogP contribution is -2.23. The van der Waals surface area contributed by atoms with E-state index in [0.717, 1.165) is 46.3 Å². The number of nitrogens with one attached hydrogen (secondary N) is 1. The number of amides is 1. The largest absolute Gasteiger partial charge is 0.325 e. The Labute approximate surface area is 169 Å². The highest BCUT2D eigenvalue weighted by molar-refractivity contribution is 8.00. The highest BCUT2D eigenvalue weighted by atomic mass is 32.2. The number of hydrogen-bond donors (Lipinski definition) is 1. The van der Waals surface area contributed by atoms with Crippen LogP contribution in [0, 0.1) is 13.8 Å². The van der Waals surface area contributed by atoms with E-state index in [1.165, 1.54) is 11.8 Å². The zero-order chi connectivity index (χ0) is 19.7. The molecule has 6 heteroatoms. The summed E-state index contributed by atoms with van der Waals surface area (Å²) in [6, 6.07) is 16.2. The first-order valence-corrected chi connectivity index (χ1v) is 10.5. The zero-order valence-electron chi connectivity index (χ0n) is 16.3. The van der Waals surface area contributed by atoms with Crippen LogP contribution in [0.3, 0.4) is 0 Å². The molecule has 1 unspecified atom stereocenters. The molecule has 0 saturated heterocycles. The van der Waals surface area contributed by atoms with E-state index in [-0.39, 0.29) is 11.2 Å². The summed E-state index contributed by atoms with van der Waals surface area (Å²) in [5, 5.41) is 12.4. The van der Waals surface area contributed by atoms with Crippen molar-refractivity contribution in [2.24, 2.45) is 0 Å². The Hall–Kier alpha value is -2.60. The first-order valence-electron chi connectivity index (χ1n) is 9.58. The number of carbonyl (C=O) groups excluding carboxylic acids is 1. The van der Waals surface area contributed by atoms with Crippen molar-refractivity contribution in [2.75, 3.05) is 5.32 Å². The van der Waals surface area contributed by atoms with Crippen LogP contribution in [0.1, 0.15) is 42.6 Å². The van der Waals surface area contributed by atoms with Gasteiger partial charge in [0.2, 0.25) is 5.91 Å². The van der Waals surface area contributed by atoms with Crippen molar-refractivity contribution in [1.82, 2.24) is 14.8 Å². The lowest BCUT2D eigenvalue weighted by molar-refractivity contribution is -0.115. The van der Waals surface area contributed by atoms with Gasteiger partial charge in [-0.2, -0.15) is 0 Å². The number of rotatable bonds is 6. The van der Waals surface area contributed by atoms with Crippen LogP contribution in [0.4, 0.5) is 5.69 Å². The van der Waals surface area contributed by atoms with E-state index in [2.05, 4.69) is 32.2 Å². The van der Waals surface area contributed by atoms with Crippen LogP contribution in [-0.2, 0) is 4.79 Å². The first kappa shape index (κ1) is 18.7. The van der Waals surface area contributed by atoms with Gasteiger partial charge in [-0.1, -0.05) is 42.1 Å². The molecule has 0 radical (unpaired) electrons. The second kappa shape index (κ2) is 7.80. The van der Waals surface area contributed by atoms with Crippen molar-refractivity contribution >= 4 is 23.4 Å². The van der Waals surface area contributed by atoms with Crippen molar-refractivity contribution in [1.29, 1.82) is 0 Å². The highest BCUT2D eigenvalue weighted by Gasteiger charge is 2.31. The van der Waals surface area contributed by atoms with Gasteiger partial charge in [0, 0.05) is 17.3 Å². The third-order valence-corrected chi connectivity index (χ3v) is 5.96. The van der Waals surface area contributed by atoms with Gasteiger partial charge in [0.25, 0.3) is 0 Å². The molecule has 144 valence electrons. The Bertz CT molecular complexity index is 995. The zero-order valence-corrected chi connectivity index (χ0v) is 17.2. The third-order valence-electron chi connectivity index (χ3n) is 4.92. The van der Waals surface area contributed by atoms with Crippen LogP contribution in [0.15, 0.2) is 53.7 Å². The Balaban J connectivity index is 1.55. The minimum Gasteiger partial charge on any atom is -0.325 e. The lowest BCUT2D eigenvalue weighted by Gasteiger charge is -2.15. The van der Waals surface area contributed by atoms with Gasteiger partial charge in [-0.3, -0.25) is 9.36 Å². The maximum atomic E-state index is 12.8. The quantitative estimate of drug-likeness (QED) is 0.607. The fourth-order valence-corrected chi connectivity index (χ4v) is 3.97. The molecule has 5 nitrogen and oxygen atoms in total. The van der Waals surface area contributed by atoms with E-state index in [4.69, 9.17) is 0 Å². The van der Waals surface area contributed by atoms with Crippen LogP contribution in [0.5, 0.6) is 0 Å². The molecule has 2 aromatic carbocycles. The van der Waals surface area contributed by atoms with E-state index >= 15 is 0 Å². The van der Waals surface area contributed by atoms with E-state index in [1.54, 1.807) is 0 Å². The second-order valence-electron chi connectivity index (χ2n) is 7.35. The van der Waals surface area contributed by atoms with Gasteiger partial charge in [-0.05, 0) is 62.9 Å². The van der Waals surface area contributed by atoms with Crippen LogP contribution < -0.4 is 5.32 Å². The van der Waals surface area contributed by atoms with Crippen LogP contribution >= 0.6 is 11.8 Å². The molecule has 1 fully saturated rings. The maximum absolute atomic E-state index is 12.8. The normalized spacial score (nSPS) is 14.7. The molecule has 0 spiro atoms. The fraction of sp³-hybridized carbons (Fsp3) is 0.318. The Morgan fingerprint density at radius 2 is 1.89 bits per heavy atom. The molecule has 0 bridgehead atoms. The minimum absolute atomic E-state index is 0.0331. The summed E-state index contributed by atoms with van der Waals surface area (Å²) in [4.78, 5) is 12.8. The van der Waals surface area contributed by atoms with E-state index in [0.29, 0.717) is 5.92 Å². The number of para-hydroxylation sites is 1. The standard InChI is InChI=1S/C22H24N4OS/c1-14-9-10-15(2)19(13-14)23-21(27)16(3)28-22-25-24-20(17-11-12-17)26(22)18-7-5-4-6-8-18/h4-10,13,16-17H,11-12H2,1-3H3,(H,23,27). The van der Waals surface area contributed by atoms with Crippen molar-refractivity contribution in [2.45, 2.75) is 49.9 Å². The van der Waals surface area contributed by atoms with Crippen LogP contribution in [0.2, 0.25) is 0 Å². The first-order chi connectivity index (χ1) is 13.5. The Morgan fingerprint density at radius 1 is 1.14 bits per heavy atom. The topological polar surface area (TPSA) is 59.8 Å². The Morgan fingerprint density at radius 3 is 2.61 bits per heavy atom. The summed E-state index contributed by atoms with van der Waals surface area (Å²) in [5.74, 6) is 1.44. The monoisotopic (exact) mass is 392 g/mol. The molecule has 3 aromatic rings. The molecule has 0 aliphatic heterocycles. The number of thioether (sulfide) groups is 1. The summed E-state index contributed by atoms with van der Waals surface area (Å²) < 4.78 is 2.10. The van der Waals surface area contributed by atoms with Crippen molar-refractivity contribution in [3.8, 4) is 5.69 Å². The van der Waals surface area contributed by atoms with Gasteiger partial charge < -0.3 is 5.32 Å². The number of carbonyl (C=O) groups is 1. The molecular weight excluding hydrogens is 368 g/mol. The van der Waals surface area contributed by atoms with Gasteiger partial charge in [0.15, 0.2) is 5.16 Å². The van der Waals surface area contributed by atoms with Gasteiger partial charge in [0.1, 0.15) is 5.82 Å². The molecule has 1 heterocycles. The molecular formula is C22H24N4OS. The average Bonchev–Trinajstić information content (AvgIpc) is 3.46. The van der Waals surface area contributed by atoms with E-state index in [9.17, 15) is 4.79 Å². The molecule has 1 saturated carbocycles. The summed E-state index contributed by atoms with van der Waals surface area (Å²) >= 11 is 1.45. The molecule has 4 rings (SSSR count). The minimum atomic E-state index is -0.293. The third kappa shape index (κ3) is 3.97. The molecule has 1 aliphatic carbocycles. The van der Waals surface area contributed by atoms with Crippen LogP contribution in [0.25, 0.3) is 5.69 Å². The molecule has 1 aliphatic rings. The van der Waals surface area contributed by atoms with Crippen molar-refractivity contribution < 1.29 is 4.79 Å². The van der Waals surface area contributed by atoms with Crippen molar-refractivity contribution in [3.63, 3.8) is 0 Å². The molecule has 28 heavy (non-hydrogen) atoms. The highest BCUT2D eigenvalue weighted by Crippen LogP contribution is 2.41. The molecule has 1 amide bonds. The van der Waals surface area contributed by atoms with Crippen molar-refractivity contribution in [3.05, 3.63) is 65.5 Å². The van der Waals surface area contributed by atoms with Gasteiger partial charge in [0.05, 0.1) is 5.25 Å². The summed E-state index contributed by atoms with van der Waals surface area (Å²) in [6.07, 6.45) is 2.30. The van der Waals surface area contributed by atoms with Crippen LogP contribution in [-0.4, -0.2) is 25.9 Å². The summed E-state index contributed by atoms with van der Waals surface area (Å²) in [7, 11) is 0. The lowest BCUT2D eigenvalue weighted by atomic mass is 10.1. The number of aromatic nitrogens is 3. The van der Waals surface area contributed by atoms with Gasteiger partial charge in [-0.15, -0.1) is 10.2 Å². The predicted molar refractivity (Wildman–Crippen MR) is 113 cm³/mol. The van der Waals surface area contributed by atoms with E-state index in [1.807, 2.05) is 57.2 Å². The average molecular weight is 393 g/mol. The summed E-state index contributed by atoms with van der Waals surface area (Å²) in [6.45, 7) is 5.93. The predicted octanol–water partition coefficient (Wildman–Crippen LogP) is 4.88. The number of aryl methyl sites for hydroxylation is 2. The van der Waals surface area contributed by atoms with E-state index < -0.39 is 0 Å². The molecule has 1 atom stereocenters. The fourth-order valence-electron chi connectivity index (χ4n) is 3.10. The second-order valence-corrected chi connectivity index (χ2v) is 8.66. The Kier molecular flexibility index (Phi) is 5.22. The van der Waals surface area contributed by atoms with Gasteiger partial charge >= 0.3 is 0 Å². The molecule has 1 N–H and O–H groups in total. The number of nitrogens with zero attached hydrogens (tertiary/aromatic N) is 3. The number of benzene rings is 2.